The average molecular weight is 264 g/mol. The average Bonchev–Trinajstić information content (AvgIpc) is 2.39. The maximum absolute atomic E-state index is 4.01. The summed E-state index contributed by atoms with van der Waals surface area (Å²) in [5, 5.41) is 2.92. The van der Waals surface area contributed by atoms with Gasteiger partial charge in [-0.1, -0.05) is 83.2 Å². The first-order chi connectivity index (χ1) is 9.06. The van der Waals surface area contributed by atoms with Crippen LogP contribution in [-0.2, 0) is 0 Å². The largest absolute Gasteiger partial charge is 0.0955 e. The molecule has 0 nitrogen and oxygen atoms in total. The Morgan fingerprint density at radius 3 is 1.58 bits per heavy atom. The molecule has 0 saturated carbocycles. The van der Waals surface area contributed by atoms with E-state index in [4.69, 9.17) is 0 Å². The van der Waals surface area contributed by atoms with E-state index in [1.54, 1.807) is 0 Å². The van der Waals surface area contributed by atoms with Gasteiger partial charge in [0.25, 0.3) is 0 Å². The van der Waals surface area contributed by atoms with Crippen LogP contribution in [-0.4, -0.2) is 9.52 Å². The fraction of sp³-hybridized carbons (Fsp3) is 0.111. The highest BCUT2D eigenvalue weighted by atomic mass is 28.2. The lowest BCUT2D eigenvalue weighted by Gasteiger charge is -2.07. The van der Waals surface area contributed by atoms with Crippen LogP contribution in [0.3, 0.4) is 0 Å². The normalized spacial score (nSPS) is 10.2. The molecule has 19 heavy (non-hydrogen) atoms. The molecule has 2 aromatic rings. The molecule has 0 amide bonds. The van der Waals surface area contributed by atoms with E-state index in [2.05, 4.69) is 75.5 Å². The standard InChI is InChI=1S/C18H20Si/c1-13(2)15-7-5-9-17(11-15)19-18-10-6-8-16(12-18)14(3)4/h5-12H,1,3,19H2,2,4H3. The van der Waals surface area contributed by atoms with Crippen molar-refractivity contribution in [3.05, 3.63) is 72.8 Å². The molecule has 0 bridgehead atoms. The van der Waals surface area contributed by atoms with Crippen LogP contribution in [0.4, 0.5) is 0 Å². The third kappa shape index (κ3) is 3.55. The third-order valence-electron chi connectivity index (χ3n) is 3.25. The first kappa shape index (κ1) is 13.6. The van der Waals surface area contributed by atoms with E-state index >= 15 is 0 Å². The number of hydrogen-bond acceptors (Lipinski definition) is 0. The van der Waals surface area contributed by atoms with E-state index in [1.807, 2.05) is 0 Å². The van der Waals surface area contributed by atoms with Gasteiger partial charge in [-0.25, -0.2) is 0 Å². The quantitative estimate of drug-likeness (QED) is 0.745. The van der Waals surface area contributed by atoms with Crippen LogP contribution in [0, 0.1) is 0 Å². The molecule has 0 heterocycles. The molecule has 0 aliphatic carbocycles. The van der Waals surface area contributed by atoms with Gasteiger partial charge in [-0.2, -0.15) is 0 Å². The van der Waals surface area contributed by atoms with Gasteiger partial charge in [-0.15, -0.1) is 0 Å². The minimum atomic E-state index is -0.423. The molecule has 0 radical (unpaired) electrons. The Hall–Kier alpha value is -1.86. The summed E-state index contributed by atoms with van der Waals surface area (Å²) in [5.41, 5.74) is 4.76. The highest BCUT2D eigenvalue weighted by Crippen LogP contribution is 2.09. The molecular formula is C18H20Si. The molecule has 0 spiro atoms. The second-order valence-electron chi connectivity index (χ2n) is 5.14. The third-order valence-corrected chi connectivity index (χ3v) is 4.94. The van der Waals surface area contributed by atoms with Gasteiger partial charge >= 0.3 is 0 Å². The Balaban J connectivity index is 2.26. The van der Waals surface area contributed by atoms with Crippen molar-refractivity contribution in [3.63, 3.8) is 0 Å². The highest BCUT2D eigenvalue weighted by Gasteiger charge is 2.01. The van der Waals surface area contributed by atoms with Gasteiger partial charge in [-0.05, 0) is 25.0 Å². The van der Waals surface area contributed by atoms with Crippen molar-refractivity contribution < 1.29 is 0 Å². The molecule has 0 fully saturated rings. The summed E-state index contributed by atoms with van der Waals surface area (Å²) in [6, 6.07) is 17.5. The molecule has 0 atom stereocenters. The van der Waals surface area contributed by atoms with Crippen molar-refractivity contribution >= 4 is 31.0 Å². The minimum absolute atomic E-state index is 0.423. The van der Waals surface area contributed by atoms with Crippen LogP contribution in [0.25, 0.3) is 11.1 Å². The fourth-order valence-electron chi connectivity index (χ4n) is 2.13. The molecule has 0 N–H and O–H groups in total. The molecule has 0 saturated heterocycles. The molecule has 2 rings (SSSR count). The predicted molar refractivity (Wildman–Crippen MR) is 90.1 cm³/mol. The van der Waals surface area contributed by atoms with Crippen molar-refractivity contribution in [2.75, 3.05) is 0 Å². The predicted octanol–water partition coefficient (Wildman–Crippen LogP) is 2.87. The summed E-state index contributed by atoms with van der Waals surface area (Å²) in [5.74, 6) is 0. The maximum Gasteiger partial charge on any atom is 0.0875 e. The van der Waals surface area contributed by atoms with Gasteiger partial charge in [0.1, 0.15) is 0 Å². The smallest absolute Gasteiger partial charge is 0.0875 e. The summed E-state index contributed by atoms with van der Waals surface area (Å²) >= 11 is 0. The van der Waals surface area contributed by atoms with E-state index in [0.717, 1.165) is 11.1 Å². The molecule has 0 aromatic heterocycles. The Morgan fingerprint density at radius 1 is 0.789 bits per heavy atom. The Morgan fingerprint density at radius 2 is 1.21 bits per heavy atom. The van der Waals surface area contributed by atoms with E-state index in [0.29, 0.717) is 0 Å². The minimum Gasteiger partial charge on any atom is -0.0955 e. The summed E-state index contributed by atoms with van der Waals surface area (Å²) in [6.07, 6.45) is 0. The first-order valence-corrected chi connectivity index (χ1v) is 7.97. The number of allylic oxidation sites excluding steroid dienone is 2. The number of benzene rings is 2. The van der Waals surface area contributed by atoms with Crippen molar-refractivity contribution in [3.8, 4) is 0 Å². The van der Waals surface area contributed by atoms with Gasteiger partial charge < -0.3 is 0 Å². The number of rotatable bonds is 4. The van der Waals surface area contributed by atoms with Crippen LogP contribution >= 0.6 is 0 Å². The van der Waals surface area contributed by atoms with Crippen molar-refractivity contribution in [1.29, 1.82) is 0 Å². The molecule has 1 heteroatoms. The second kappa shape index (κ2) is 5.85. The lowest BCUT2D eigenvalue weighted by molar-refractivity contribution is 1.60. The van der Waals surface area contributed by atoms with Crippen LogP contribution in [0.5, 0.6) is 0 Å². The zero-order valence-corrected chi connectivity index (χ0v) is 13.2. The van der Waals surface area contributed by atoms with Crippen molar-refractivity contribution in [1.82, 2.24) is 0 Å². The Labute approximate surface area is 118 Å². The summed E-state index contributed by atoms with van der Waals surface area (Å²) in [4.78, 5) is 0. The molecular weight excluding hydrogens is 244 g/mol. The summed E-state index contributed by atoms with van der Waals surface area (Å²) in [6.45, 7) is 12.1. The van der Waals surface area contributed by atoms with Crippen molar-refractivity contribution in [2.45, 2.75) is 13.8 Å². The zero-order chi connectivity index (χ0) is 13.8. The lowest BCUT2D eigenvalue weighted by Crippen LogP contribution is -2.27. The molecule has 0 unspecified atom stereocenters. The topological polar surface area (TPSA) is 0 Å². The monoisotopic (exact) mass is 264 g/mol. The van der Waals surface area contributed by atoms with Gasteiger partial charge in [0.15, 0.2) is 0 Å². The summed E-state index contributed by atoms with van der Waals surface area (Å²) < 4.78 is 0. The van der Waals surface area contributed by atoms with Crippen molar-refractivity contribution in [2.24, 2.45) is 0 Å². The molecule has 96 valence electrons. The number of hydrogen-bond donors (Lipinski definition) is 0. The van der Waals surface area contributed by atoms with Crippen LogP contribution in [0.1, 0.15) is 25.0 Å². The van der Waals surface area contributed by atoms with Crippen LogP contribution in [0.15, 0.2) is 61.7 Å². The SMILES string of the molecule is C=C(C)c1cccc([SiH2]c2cccc(C(=C)C)c2)c1. The van der Waals surface area contributed by atoms with Gasteiger partial charge in [0, 0.05) is 0 Å². The van der Waals surface area contributed by atoms with Gasteiger partial charge in [0.05, 0.1) is 9.52 Å². The van der Waals surface area contributed by atoms with E-state index in [1.165, 1.54) is 21.5 Å². The van der Waals surface area contributed by atoms with Gasteiger partial charge in [-0.3, -0.25) is 0 Å². The van der Waals surface area contributed by atoms with Crippen LogP contribution < -0.4 is 10.4 Å². The lowest BCUT2D eigenvalue weighted by atomic mass is 10.1. The van der Waals surface area contributed by atoms with E-state index < -0.39 is 9.52 Å². The fourth-order valence-corrected chi connectivity index (χ4v) is 3.75. The second-order valence-corrected chi connectivity index (χ2v) is 7.12. The molecule has 2 aromatic carbocycles. The summed E-state index contributed by atoms with van der Waals surface area (Å²) in [7, 11) is -0.423. The zero-order valence-electron chi connectivity index (χ0n) is 11.7. The Kier molecular flexibility index (Phi) is 4.18. The van der Waals surface area contributed by atoms with E-state index in [9.17, 15) is 0 Å². The first-order valence-electron chi connectivity index (χ1n) is 6.56. The van der Waals surface area contributed by atoms with E-state index in [-0.39, 0.29) is 0 Å². The molecule has 0 aliphatic heterocycles. The molecule has 0 aliphatic rings. The Bertz CT molecular complexity index is 568. The van der Waals surface area contributed by atoms with Crippen LogP contribution in [0.2, 0.25) is 0 Å². The highest BCUT2D eigenvalue weighted by molar-refractivity contribution is 6.67. The van der Waals surface area contributed by atoms with Gasteiger partial charge in [0.2, 0.25) is 0 Å². The maximum atomic E-state index is 4.01.